The number of imidazole rings is 1. The third-order valence-corrected chi connectivity index (χ3v) is 4.28. The zero-order valence-corrected chi connectivity index (χ0v) is 11.9. The van der Waals surface area contributed by atoms with E-state index in [9.17, 15) is 4.79 Å². The van der Waals surface area contributed by atoms with Gasteiger partial charge in [0.25, 0.3) is 0 Å². The van der Waals surface area contributed by atoms with Gasteiger partial charge in [0.2, 0.25) is 0 Å². The van der Waals surface area contributed by atoms with Crippen LogP contribution in [-0.4, -0.2) is 20.6 Å². The molecule has 2 heterocycles. The highest BCUT2D eigenvalue weighted by Gasteiger charge is 2.15. The average Bonchev–Trinajstić information content (AvgIpc) is 2.99. The number of aryl methyl sites for hydroxylation is 2. The molecular formula is C15H14N2O2S. The van der Waals surface area contributed by atoms with Gasteiger partial charge in [-0.2, -0.15) is 0 Å². The van der Waals surface area contributed by atoms with Gasteiger partial charge in [-0.15, -0.1) is 11.3 Å². The molecule has 0 saturated heterocycles. The molecule has 0 amide bonds. The Bertz CT molecular complexity index is 773. The Morgan fingerprint density at radius 3 is 2.85 bits per heavy atom. The highest BCUT2D eigenvalue weighted by molar-refractivity contribution is 7.13. The molecule has 0 aliphatic carbocycles. The molecule has 20 heavy (non-hydrogen) atoms. The normalized spacial score (nSPS) is 11.1. The number of carbonyl (C=O) groups is 1. The van der Waals surface area contributed by atoms with Crippen LogP contribution in [0.25, 0.3) is 21.7 Å². The number of para-hydroxylation sites is 2. The lowest BCUT2D eigenvalue weighted by Gasteiger charge is -2.07. The molecule has 0 bridgehead atoms. The van der Waals surface area contributed by atoms with Gasteiger partial charge in [-0.05, 0) is 36.1 Å². The quantitative estimate of drug-likeness (QED) is 0.798. The first-order valence-corrected chi connectivity index (χ1v) is 7.26. The summed E-state index contributed by atoms with van der Waals surface area (Å²) in [5.74, 6) is 0.0663. The number of benzene rings is 1. The van der Waals surface area contributed by atoms with Gasteiger partial charge in [0.15, 0.2) is 5.82 Å². The number of fused-ring (bicyclic) bond motifs is 1. The van der Waals surface area contributed by atoms with Gasteiger partial charge in [-0.3, -0.25) is 4.79 Å². The minimum Gasteiger partial charge on any atom is -0.481 e. The van der Waals surface area contributed by atoms with Crippen LogP contribution in [-0.2, 0) is 11.3 Å². The lowest BCUT2D eigenvalue weighted by Crippen LogP contribution is -2.06. The molecule has 0 radical (unpaired) electrons. The van der Waals surface area contributed by atoms with Crippen LogP contribution in [0.1, 0.15) is 12.0 Å². The Morgan fingerprint density at radius 2 is 2.15 bits per heavy atom. The average molecular weight is 286 g/mol. The highest BCUT2D eigenvalue weighted by atomic mass is 32.1. The van der Waals surface area contributed by atoms with Crippen molar-refractivity contribution in [3.8, 4) is 10.7 Å². The van der Waals surface area contributed by atoms with Crippen LogP contribution in [0, 0.1) is 6.92 Å². The van der Waals surface area contributed by atoms with Crippen LogP contribution in [0.4, 0.5) is 0 Å². The van der Waals surface area contributed by atoms with Gasteiger partial charge in [-0.1, -0.05) is 12.1 Å². The van der Waals surface area contributed by atoms with Gasteiger partial charge >= 0.3 is 5.97 Å². The summed E-state index contributed by atoms with van der Waals surface area (Å²) in [6, 6.07) is 9.89. The molecule has 2 aromatic heterocycles. The Kier molecular flexibility index (Phi) is 3.28. The summed E-state index contributed by atoms with van der Waals surface area (Å²) in [5, 5.41) is 11.0. The number of rotatable bonds is 4. The molecule has 3 aromatic rings. The van der Waals surface area contributed by atoms with Crippen LogP contribution in [0.2, 0.25) is 0 Å². The second-order valence-corrected chi connectivity index (χ2v) is 5.57. The fraction of sp³-hybridized carbons (Fsp3) is 0.200. The van der Waals surface area contributed by atoms with Crippen LogP contribution in [0.3, 0.4) is 0 Å². The molecule has 0 atom stereocenters. The van der Waals surface area contributed by atoms with E-state index in [1.807, 2.05) is 41.1 Å². The number of carboxylic acids is 1. The van der Waals surface area contributed by atoms with Crippen molar-refractivity contribution in [3.63, 3.8) is 0 Å². The molecule has 3 rings (SSSR count). The highest BCUT2D eigenvalue weighted by Crippen LogP contribution is 2.31. The Balaban J connectivity index is 2.17. The zero-order valence-electron chi connectivity index (χ0n) is 11.0. The number of carboxylic acid groups (broad SMARTS) is 1. The predicted octanol–water partition coefficient (Wildman–Crippen LogP) is 3.55. The number of aliphatic carboxylic acids is 1. The van der Waals surface area contributed by atoms with Gasteiger partial charge in [-0.25, -0.2) is 4.98 Å². The number of aromatic nitrogens is 2. The summed E-state index contributed by atoms with van der Waals surface area (Å²) in [6.07, 6.45) is 0.0950. The van der Waals surface area contributed by atoms with Crippen molar-refractivity contribution in [1.29, 1.82) is 0 Å². The van der Waals surface area contributed by atoms with Crippen LogP contribution >= 0.6 is 11.3 Å². The molecule has 0 spiro atoms. The fourth-order valence-corrected chi connectivity index (χ4v) is 3.21. The third-order valence-electron chi connectivity index (χ3n) is 3.27. The predicted molar refractivity (Wildman–Crippen MR) is 80.0 cm³/mol. The minimum atomic E-state index is -0.795. The molecule has 0 saturated carbocycles. The van der Waals surface area contributed by atoms with Crippen molar-refractivity contribution < 1.29 is 9.90 Å². The first-order chi connectivity index (χ1) is 9.66. The lowest BCUT2D eigenvalue weighted by molar-refractivity contribution is -0.137. The van der Waals surface area contributed by atoms with E-state index in [1.165, 1.54) is 5.56 Å². The summed E-state index contributed by atoms with van der Waals surface area (Å²) in [7, 11) is 0. The van der Waals surface area contributed by atoms with E-state index in [0.717, 1.165) is 21.7 Å². The van der Waals surface area contributed by atoms with Gasteiger partial charge in [0, 0.05) is 6.54 Å². The maximum atomic E-state index is 10.9. The van der Waals surface area contributed by atoms with Crippen molar-refractivity contribution in [3.05, 3.63) is 41.3 Å². The van der Waals surface area contributed by atoms with E-state index in [4.69, 9.17) is 5.11 Å². The van der Waals surface area contributed by atoms with Crippen LogP contribution in [0.15, 0.2) is 35.7 Å². The van der Waals surface area contributed by atoms with E-state index in [0.29, 0.717) is 6.54 Å². The van der Waals surface area contributed by atoms with Gasteiger partial charge in [0.1, 0.15) is 0 Å². The second kappa shape index (κ2) is 5.09. The first kappa shape index (κ1) is 12.9. The summed E-state index contributed by atoms with van der Waals surface area (Å²) in [5.41, 5.74) is 3.05. The summed E-state index contributed by atoms with van der Waals surface area (Å²) in [4.78, 5) is 16.6. The zero-order chi connectivity index (χ0) is 14.1. The van der Waals surface area contributed by atoms with Gasteiger partial charge < -0.3 is 9.67 Å². The number of hydrogen-bond donors (Lipinski definition) is 1. The van der Waals surface area contributed by atoms with E-state index >= 15 is 0 Å². The topological polar surface area (TPSA) is 55.1 Å². The van der Waals surface area contributed by atoms with Crippen molar-refractivity contribution in [2.75, 3.05) is 0 Å². The Labute approximate surface area is 120 Å². The minimum absolute atomic E-state index is 0.0950. The van der Waals surface area contributed by atoms with Crippen molar-refractivity contribution in [2.45, 2.75) is 19.9 Å². The van der Waals surface area contributed by atoms with E-state index in [-0.39, 0.29) is 6.42 Å². The van der Waals surface area contributed by atoms with Gasteiger partial charge in [0.05, 0.1) is 22.3 Å². The molecule has 5 heteroatoms. The largest absolute Gasteiger partial charge is 0.481 e. The molecule has 4 nitrogen and oxygen atoms in total. The van der Waals surface area contributed by atoms with E-state index < -0.39 is 5.97 Å². The summed E-state index contributed by atoms with van der Waals surface area (Å²) >= 11 is 1.64. The number of nitrogens with zero attached hydrogens (tertiary/aromatic N) is 2. The fourth-order valence-electron chi connectivity index (χ4n) is 2.28. The first-order valence-electron chi connectivity index (χ1n) is 6.38. The van der Waals surface area contributed by atoms with Crippen molar-refractivity contribution in [1.82, 2.24) is 9.55 Å². The smallest absolute Gasteiger partial charge is 0.305 e. The number of thiophene rings is 1. The molecule has 0 aliphatic rings. The molecule has 102 valence electrons. The van der Waals surface area contributed by atoms with E-state index in [2.05, 4.69) is 11.1 Å². The summed E-state index contributed by atoms with van der Waals surface area (Å²) < 4.78 is 2.00. The lowest BCUT2D eigenvalue weighted by atomic mass is 10.3. The van der Waals surface area contributed by atoms with Crippen molar-refractivity contribution in [2.24, 2.45) is 0 Å². The monoisotopic (exact) mass is 286 g/mol. The molecular weight excluding hydrogens is 272 g/mol. The molecule has 0 aliphatic heterocycles. The summed E-state index contributed by atoms with van der Waals surface area (Å²) in [6.45, 7) is 2.48. The van der Waals surface area contributed by atoms with E-state index in [1.54, 1.807) is 11.3 Å². The third kappa shape index (κ3) is 2.20. The number of hydrogen-bond acceptors (Lipinski definition) is 3. The second-order valence-electron chi connectivity index (χ2n) is 4.65. The van der Waals surface area contributed by atoms with Crippen molar-refractivity contribution >= 4 is 28.3 Å². The Morgan fingerprint density at radius 1 is 1.35 bits per heavy atom. The Hall–Kier alpha value is -2.14. The molecule has 1 aromatic carbocycles. The standard InChI is InChI=1S/C15H14N2O2S/c1-10-7-9-20-14(10)15-16-11-4-2-3-5-12(11)17(15)8-6-13(18)19/h2-5,7,9H,6,8H2,1H3,(H,18,19). The maximum absolute atomic E-state index is 10.9. The maximum Gasteiger partial charge on any atom is 0.305 e. The molecule has 1 N–H and O–H groups in total. The van der Waals surface area contributed by atoms with Crippen LogP contribution < -0.4 is 0 Å². The van der Waals surface area contributed by atoms with Crippen LogP contribution in [0.5, 0.6) is 0 Å². The molecule has 0 fully saturated rings. The SMILES string of the molecule is Cc1ccsc1-c1nc2ccccc2n1CCC(=O)O. The molecule has 0 unspecified atom stereocenters.